The van der Waals surface area contributed by atoms with Crippen LogP contribution < -0.4 is 10.1 Å². The molecule has 1 unspecified atom stereocenters. The standard InChI is InChI=1S/C20H24N2O.ClH/c1-16(22-20-10-6-3-7-15-21-20)17-11-13-19(14-12-17)23-18-8-4-2-5-9-18;/h2,4-5,8-9,11-14,16H,3,6-7,10,15H2,1H3,(H,21,22);1H. The highest BCUT2D eigenvalue weighted by molar-refractivity contribution is 5.85. The second kappa shape index (κ2) is 9.33. The van der Waals surface area contributed by atoms with Gasteiger partial charge in [0.25, 0.3) is 0 Å². The molecule has 1 fully saturated rings. The van der Waals surface area contributed by atoms with Crippen LogP contribution in [0.1, 0.15) is 44.2 Å². The lowest BCUT2D eigenvalue weighted by atomic mass is 10.1. The van der Waals surface area contributed by atoms with Gasteiger partial charge in [0.1, 0.15) is 11.5 Å². The lowest BCUT2D eigenvalue weighted by Crippen LogP contribution is -2.22. The molecule has 1 heterocycles. The number of benzene rings is 2. The van der Waals surface area contributed by atoms with Crippen LogP contribution in [0.5, 0.6) is 11.5 Å². The number of ether oxygens (including phenoxy) is 1. The third-order valence-corrected chi connectivity index (χ3v) is 4.11. The van der Waals surface area contributed by atoms with E-state index < -0.39 is 0 Å². The Morgan fingerprint density at radius 1 is 0.917 bits per heavy atom. The van der Waals surface area contributed by atoms with Gasteiger partial charge >= 0.3 is 0 Å². The summed E-state index contributed by atoms with van der Waals surface area (Å²) < 4.78 is 5.83. The maximum Gasteiger partial charge on any atom is 0.127 e. The van der Waals surface area contributed by atoms with Gasteiger partial charge in [-0.2, -0.15) is 0 Å². The zero-order valence-electron chi connectivity index (χ0n) is 14.1. The van der Waals surface area contributed by atoms with Gasteiger partial charge in [-0.05, 0) is 49.6 Å². The van der Waals surface area contributed by atoms with Crippen molar-refractivity contribution < 1.29 is 4.74 Å². The van der Waals surface area contributed by atoms with Crippen molar-refractivity contribution in [2.24, 2.45) is 4.99 Å². The third kappa shape index (κ3) is 5.27. The molecular weight excluding hydrogens is 320 g/mol. The van der Waals surface area contributed by atoms with Gasteiger partial charge in [-0.15, -0.1) is 12.4 Å². The summed E-state index contributed by atoms with van der Waals surface area (Å²) in [6.07, 6.45) is 4.85. The molecule has 2 aromatic carbocycles. The first kappa shape index (κ1) is 18.3. The highest BCUT2D eigenvalue weighted by atomic mass is 35.5. The minimum atomic E-state index is 0. The molecule has 4 heteroatoms. The van der Waals surface area contributed by atoms with Gasteiger partial charge in [0.15, 0.2) is 0 Å². The largest absolute Gasteiger partial charge is 0.457 e. The molecule has 0 aliphatic carbocycles. The highest BCUT2D eigenvalue weighted by Gasteiger charge is 2.09. The van der Waals surface area contributed by atoms with Crippen molar-refractivity contribution in [3.63, 3.8) is 0 Å². The zero-order chi connectivity index (χ0) is 15.9. The molecule has 0 bridgehead atoms. The average molecular weight is 345 g/mol. The van der Waals surface area contributed by atoms with Crippen LogP contribution in [0.3, 0.4) is 0 Å². The van der Waals surface area contributed by atoms with Crippen molar-refractivity contribution in [1.29, 1.82) is 0 Å². The smallest absolute Gasteiger partial charge is 0.127 e. The van der Waals surface area contributed by atoms with Crippen LogP contribution in [0.25, 0.3) is 0 Å². The first-order valence-corrected chi connectivity index (χ1v) is 8.45. The van der Waals surface area contributed by atoms with Crippen LogP contribution in [0.4, 0.5) is 0 Å². The van der Waals surface area contributed by atoms with E-state index in [1.165, 1.54) is 24.8 Å². The van der Waals surface area contributed by atoms with Crippen LogP contribution in [-0.2, 0) is 0 Å². The molecular formula is C20H25ClN2O. The fourth-order valence-corrected chi connectivity index (χ4v) is 2.77. The Hall–Kier alpha value is -2.00. The summed E-state index contributed by atoms with van der Waals surface area (Å²) in [5.41, 5.74) is 1.21. The van der Waals surface area contributed by atoms with E-state index in [-0.39, 0.29) is 18.4 Å². The van der Waals surface area contributed by atoms with Crippen LogP contribution in [0.2, 0.25) is 0 Å². The molecule has 0 spiro atoms. The molecule has 0 saturated carbocycles. The third-order valence-electron chi connectivity index (χ3n) is 4.11. The molecule has 1 aliphatic heterocycles. The number of hydrogen-bond donors (Lipinski definition) is 1. The number of rotatable bonds is 4. The second-order valence-electron chi connectivity index (χ2n) is 5.97. The number of amidine groups is 1. The van der Waals surface area contributed by atoms with Gasteiger partial charge < -0.3 is 10.1 Å². The molecule has 3 nitrogen and oxygen atoms in total. The summed E-state index contributed by atoms with van der Waals surface area (Å²) >= 11 is 0. The molecule has 1 N–H and O–H groups in total. The van der Waals surface area contributed by atoms with Crippen LogP contribution in [-0.4, -0.2) is 12.4 Å². The molecule has 128 valence electrons. The summed E-state index contributed by atoms with van der Waals surface area (Å²) in [5.74, 6) is 2.86. The van der Waals surface area contributed by atoms with E-state index in [0.717, 1.165) is 30.3 Å². The average Bonchev–Trinajstić information content (AvgIpc) is 2.85. The van der Waals surface area contributed by atoms with E-state index in [0.29, 0.717) is 0 Å². The van der Waals surface area contributed by atoms with E-state index in [4.69, 9.17) is 9.73 Å². The fraction of sp³-hybridized carbons (Fsp3) is 0.350. The molecule has 1 saturated heterocycles. The Labute approximate surface area is 150 Å². The Morgan fingerprint density at radius 3 is 2.38 bits per heavy atom. The minimum Gasteiger partial charge on any atom is -0.457 e. The predicted molar refractivity (Wildman–Crippen MR) is 103 cm³/mol. The second-order valence-corrected chi connectivity index (χ2v) is 5.97. The summed E-state index contributed by atoms with van der Waals surface area (Å²) in [4.78, 5) is 4.84. The fourth-order valence-electron chi connectivity index (χ4n) is 2.77. The molecule has 2 aromatic rings. The lowest BCUT2D eigenvalue weighted by Gasteiger charge is -2.12. The van der Waals surface area contributed by atoms with E-state index in [2.05, 4.69) is 24.4 Å². The van der Waals surface area contributed by atoms with Crippen LogP contribution in [0.15, 0.2) is 59.6 Å². The number of para-hydroxylation sites is 1. The van der Waals surface area contributed by atoms with E-state index in [9.17, 15) is 0 Å². The summed E-state index contributed by atoms with van der Waals surface area (Å²) in [6.45, 7) is 3.20. The van der Waals surface area contributed by atoms with E-state index in [1.807, 2.05) is 42.5 Å². The molecule has 0 amide bonds. The number of aliphatic imine (C=N–C) groups is 1. The molecule has 24 heavy (non-hydrogen) atoms. The maximum absolute atomic E-state index is 5.83. The van der Waals surface area contributed by atoms with Crippen molar-refractivity contribution in [3.8, 4) is 11.5 Å². The molecule has 1 atom stereocenters. The number of nitrogens with zero attached hydrogens (tertiary/aromatic N) is 1. The maximum atomic E-state index is 5.83. The Bertz CT molecular complexity index is 630. The molecule has 0 aromatic heterocycles. The van der Waals surface area contributed by atoms with Gasteiger partial charge in [-0.25, -0.2) is 0 Å². The number of halogens is 1. The van der Waals surface area contributed by atoms with Gasteiger partial charge in [0, 0.05) is 13.0 Å². The van der Waals surface area contributed by atoms with Crippen molar-refractivity contribution in [3.05, 3.63) is 60.2 Å². The molecule has 1 aliphatic rings. The molecule has 3 rings (SSSR count). The highest BCUT2D eigenvalue weighted by Crippen LogP contribution is 2.24. The normalized spacial score (nSPS) is 17.3. The van der Waals surface area contributed by atoms with Gasteiger partial charge in [0.05, 0.1) is 11.9 Å². The lowest BCUT2D eigenvalue weighted by molar-refractivity contribution is 0.482. The Morgan fingerprint density at radius 2 is 1.62 bits per heavy atom. The zero-order valence-corrected chi connectivity index (χ0v) is 14.9. The predicted octanol–water partition coefficient (Wildman–Crippen LogP) is 5.52. The van der Waals surface area contributed by atoms with Crippen molar-refractivity contribution in [2.75, 3.05) is 6.54 Å². The monoisotopic (exact) mass is 344 g/mol. The number of nitrogens with one attached hydrogen (secondary N) is 1. The first-order valence-electron chi connectivity index (χ1n) is 8.45. The van der Waals surface area contributed by atoms with Crippen molar-refractivity contribution in [2.45, 2.75) is 38.6 Å². The SMILES string of the molecule is CC(N=C1CCCCCN1)c1ccc(Oc2ccccc2)cc1.Cl. The summed E-state index contributed by atoms with van der Waals surface area (Å²) in [5, 5.41) is 3.45. The first-order chi connectivity index (χ1) is 11.3. The van der Waals surface area contributed by atoms with E-state index >= 15 is 0 Å². The van der Waals surface area contributed by atoms with E-state index in [1.54, 1.807) is 0 Å². The number of hydrogen-bond acceptors (Lipinski definition) is 2. The topological polar surface area (TPSA) is 33.6 Å². The van der Waals surface area contributed by atoms with Crippen molar-refractivity contribution >= 4 is 18.2 Å². The van der Waals surface area contributed by atoms with Crippen LogP contribution in [0, 0.1) is 0 Å². The van der Waals surface area contributed by atoms with Crippen LogP contribution >= 0.6 is 12.4 Å². The summed E-state index contributed by atoms with van der Waals surface area (Å²) in [7, 11) is 0. The minimum absolute atomic E-state index is 0. The Kier molecular flexibility index (Phi) is 7.13. The summed E-state index contributed by atoms with van der Waals surface area (Å²) in [6, 6.07) is 18.2. The molecule has 0 radical (unpaired) electrons. The van der Waals surface area contributed by atoms with Gasteiger partial charge in [-0.3, -0.25) is 4.99 Å². The van der Waals surface area contributed by atoms with Gasteiger partial charge in [0.2, 0.25) is 0 Å². The van der Waals surface area contributed by atoms with Gasteiger partial charge in [-0.1, -0.05) is 36.8 Å². The van der Waals surface area contributed by atoms with Crippen molar-refractivity contribution in [1.82, 2.24) is 5.32 Å². The Balaban J connectivity index is 0.00000208. The quantitative estimate of drug-likeness (QED) is 0.791.